The van der Waals surface area contributed by atoms with Crippen LogP contribution in [-0.2, 0) is 0 Å². The summed E-state index contributed by atoms with van der Waals surface area (Å²) < 4.78 is 6.30. The van der Waals surface area contributed by atoms with Crippen molar-refractivity contribution in [1.82, 2.24) is 0 Å². The Bertz CT molecular complexity index is 613. The van der Waals surface area contributed by atoms with Gasteiger partial charge in [-0.25, -0.2) is 0 Å². The van der Waals surface area contributed by atoms with E-state index >= 15 is 0 Å². The lowest BCUT2D eigenvalue weighted by atomic mass is 9.97. The first-order chi connectivity index (χ1) is 9.52. The topological polar surface area (TPSA) is 29.5 Å². The third-order valence-electron chi connectivity index (χ3n) is 3.11. The van der Waals surface area contributed by atoms with Crippen molar-refractivity contribution in [3.05, 3.63) is 62.6 Å². The van der Waals surface area contributed by atoms with Gasteiger partial charge in [0.05, 0.1) is 11.1 Å². The summed E-state index contributed by atoms with van der Waals surface area (Å²) in [5.74, 6) is 0.770. The van der Waals surface area contributed by atoms with Gasteiger partial charge in [0.1, 0.15) is 11.9 Å². The van der Waals surface area contributed by atoms with E-state index in [1.165, 1.54) is 0 Å². The number of ether oxygens (including phenoxy) is 1. The minimum atomic E-state index is -0.708. The molecule has 2 aromatic rings. The molecule has 1 N–H and O–H groups in total. The highest BCUT2D eigenvalue weighted by atomic mass is 79.9. The number of rotatable bonds is 4. The van der Waals surface area contributed by atoms with Gasteiger partial charge in [-0.05, 0) is 70.7 Å². The fourth-order valence-electron chi connectivity index (χ4n) is 2.05. The third-order valence-corrected chi connectivity index (χ3v) is 3.96. The van der Waals surface area contributed by atoms with E-state index in [-0.39, 0.29) is 0 Å². The first-order valence-electron chi connectivity index (χ1n) is 6.39. The Hall–Kier alpha value is -1.03. The van der Waals surface area contributed by atoms with Crippen molar-refractivity contribution in [3.63, 3.8) is 0 Å². The van der Waals surface area contributed by atoms with Gasteiger partial charge in [-0.15, -0.1) is 0 Å². The fraction of sp³-hybridized carbons (Fsp3) is 0.250. The van der Waals surface area contributed by atoms with Crippen molar-refractivity contribution in [1.29, 1.82) is 0 Å². The normalized spacial score (nSPS) is 12.2. The molecular weight excluding hydrogens is 340 g/mol. The van der Waals surface area contributed by atoms with Crippen LogP contribution in [0.1, 0.15) is 29.7 Å². The zero-order chi connectivity index (χ0) is 14.7. The second kappa shape index (κ2) is 6.61. The smallest absolute Gasteiger partial charge is 0.133 e. The molecule has 2 rings (SSSR count). The fourth-order valence-corrected chi connectivity index (χ4v) is 2.74. The minimum Gasteiger partial charge on any atom is -0.493 e. The Balaban J connectivity index is 2.35. The molecule has 1 unspecified atom stereocenters. The number of benzene rings is 2. The van der Waals surface area contributed by atoms with Crippen LogP contribution in [0, 0.1) is 6.92 Å². The van der Waals surface area contributed by atoms with Gasteiger partial charge in [0.2, 0.25) is 0 Å². The molecule has 0 bridgehead atoms. The zero-order valence-corrected chi connectivity index (χ0v) is 13.7. The van der Waals surface area contributed by atoms with Gasteiger partial charge in [0, 0.05) is 5.02 Å². The van der Waals surface area contributed by atoms with Crippen LogP contribution in [0.3, 0.4) is 0 Å². The van der Waals surface area contributed by atoms with E-state index in [1.54, 1.807) is 6.07 Å². The molecule has 0 heterocycles. The first-order valence-corrected chi connectivity index (χ1v) is 7.56. The van der Waals surface area contributed by atoms with Crippen molar-refractivity contribution in [3.8, 4) is 5.75 Å². The standard InChI is InChI=1S/C16H16BrClO2/c1-3-20-15-7-5-11(8-14(15)17)16(19)13-9-12(18)6-4-10(13)2/h4-9,16,19H,3H2,1-2H3. The van der Waals surface area contributed by atoms with Crippen LogP contribution in [0.15, 0.2) is 40.9 Å². The Kier molecular flexibility index (Phi) is 5.08. The number of hydrogen-bond donors (Lipinski definition) is 1. The zero-order valence-electron chi connectivity index (χ0n) is 11.4. The van der Waals surface area contributed by atoms with Crippen LogP contribution >= 0.6 is 27.5 Å². The molecule has 0 aliphatic rings. The summed E-state index contributed by atoms with van der Waals surface area (Å²) in [5, 5.41) is 11.1. The van der Waals surface area contributed by atoms with Crippen molar-refractivity contribution >= 4 is 27.5 Å². The van der Waals surface area contributed by atoms with Crippen molar-refractivity contribution in [2.75, 3.05) is 6.61 Å². The molecule has 2 nitrogen and oxygen atoms in total. The highest BCUT2D eigenvalue weighted by molar-refractivity contribution is 9.10. The maximum Gasteiger partial charge on any atom is 0.133 e. The minimum absolute atomic E-state index is 0.605. The lowest BCUT2D eigenvalue weighted by molar-refractivity contribution is 0.219. The molecule has 4 heteroatoms. The molecule has 0 amide bonds. The summed E-state index contributed by atoms with van der Waals surface area (Å²) in [4.78, 5) is 0. The molecule has 0 fully saturated rings. The monoisotopic (exact) mass is 354 g/mol. The molecule has 0 aromatic heterocycles. The van der Waals surface area contributed by atoms with E-state index in [2.05, 4.69) is 15.9 Å². The van der Waals surface area contributed by atoms with Gasteiger partial charge in [-0.2, -0.15) is 0 Å². The van der Waals surface area contributed by atoms with E-state index < -0.39 is 6.10 Å². The SMILES string of the molecule is CCOc1ccc(C(O)c2cc(Cl)ccc2C)cc1Br. The summed E-state index contributed by atoms with van der Waals surface area (Å²) in [6, 6.07) is 11.1. The molecule has 0 aliphatic carbocycles. The summed E-state index contributed by atoms with van der Waals surface area (Å²) >= 11 is 9.47. The van der Waals surface area contributed by atoms with Crippen LogP contribution in [0.2, 0.25) is 5.02 Å². The Morgan fingerprint density at radius 2 is 2.00 bits per heavy atom. The molecule has 20 heavy (non-hydrogen) atoms. The van der Waals surface area contributed by atoms with E-state index in [1.807, 2.05) is 44.2 Å². The molecule has 2 aromatic carbocycles. The Morgan fingerprint density at radius 1 is 1.25 bits per heavy atom. The van der Waals surface area contributed by atoms with Gasteiger partial charge in [-0.3, -0.25) is 0 Å². The van der Waals surface area contributed by atoms with E-state index in [9.17, 15) is 5.11 Å². The lowest BCUT2D eigenvalue weighted by Gasteiger charge is -2.16. The summed E-state index contributed by atoms with van der Waals surface area (Å²) in [7, 11) is 0. The average Bonchev–Trinajstić information content (AvgIpc) is 2.43. The van der Waals surface area contributed by atoms with Gasteiger partial charge in [-0.1, -0.05) is 23.7 Å². The summed E-state index contributed by atoms with van der Waals surface area (Å²) in [6.07, 6.45) is -0.708. The average molecular weight is 356 g/mol. The van der Waals surface area contributed by atoms with Crippen LogP contribution in [0.5, 0.6) is 5.75 Å². The van der Waals surface area contributed by atoms with Crippen LogP contribution in [-0.4, -0.2) is 11.7 Å². The molecule has 0 saturated heterocycles. The van der Waals surface area contributed by atoms with Crippen LogP contribution in [0.4, 0.5) is 0 Å². The second-order valence-corrected chi connectivity index (χ2v) is 5.82. The van der Waals surface area contributed by atoms with Crippen molar-refractivity contribution in [2.45, 2.75) is 20.0 Å². The van der Waals surface area contributed by atoms with Gasteiger partial charge in [0.25, 0.3) is 0 Å². The van der Waals surface area contributed by atoms with Crippen LogP contribution in [0.25, 0.3) is 0 Å². The predicted octanol–water partition coefficient (Wildman–Crippen LogP) is 4.89. The highest BCUT2D eigenvalue weighted by Crippen LogP contribution is 2.32. The number of hydrogen-bond acceptors (Lipinski definition) is 2. The summed E-state index contributed by atoms with van der Waals surface area (Å²) in [6.45, 7) is 4.50. The molecule has 0 aliphatic heterocycles. The molecule has 0 saturated carbocycles. The summed E-state index contributed by atoms with van der Waals surface area (Å²) in [5.41, 5.74) is 2.62. The Morgan fingerprint density at radius 3 is 2.65 bits per heavy atom. The highest BCUT2D eigenvalue weighted by Gasteiger charge is 2.15. The Labute approximate surface area is 132 Å². The number of aliphatic hydroxyl groups is 1. The number of aliphatic hydroxyl groups excluding tert-OH is 1. The predicted molar refractivity (Wildman–Crippen MR) is 85.6 cm³/mol. The van der Waals surface area contributed by atoms with Gasteiger partial charge in [0.15, 0.2) is 0 Å². The molecule has 0 spiro atoms. The molecule has 106 valence electrons. The van der Waals surface area contributed by atoms with Gasteiger partial charge < -0.3 is 9.84 Å². The van der Waals surface area contributed by atoms with Gasteiger partial charge >= 0.3 is 0 Å². The first kappa shape index (κ1) is 15.4. The quantitative estimate of drug-likeness (QED) is 0.846. The van der Waals surface area contributed by atoms with Crippen molar-refractivity contribution in [2.24, 2.45) is 0 Å². The number of aryl methyl sites for hydroxylation is 1. The molecular formula is C16H16BrClO2. The lowest BCUT2D eigenvalue weighted by Crippen LogP contribution is -2.03. The van der Waals surface area contributed by atoms with E-state index in [0.717, 1.165) is 26.9 Å². The maximum atomic E-state index is 10.5. The molecule has 1 atom stereocenters. The third kappa shape index (κ3) is 3.35. The number of halogens is 2. The van der Waals surface area contributed by atoms with Crippen LogP contribution < -0.4 is 4.74 Å². The van der Waals surface area contributed by atoms with Crippen molar-refractivity contribution < 1.29 is 9.84 Å². The maximum absolute atomic E-state index is 10.5. The largest absolute Gasteiger partial charge is 0.493 e. The second-order valence-electron chi connectivity index (χ2n) is 4.53. The van der Waals surface area contributed by atoms with E-state index in [4.69, 9.17) is 16.3 Å². The molecule has 0 radical (unpaired) electrons. The van der Waals surface area contributed by atoms with E-state index in [0.29, 0.717) is 11.6 Å².